The van der Waals surface area contributed by atoms with Gasteiger partial charge in [-0.1, -0.05) is 54.6 Å². The molecule has 1 heterocycles. The summed E-state index contributed by atoms with van der Waals surface area (Å²) in [4.78, 5) is 12.6. The van der Waals surface area contributed by atoms with E-state index in [0.29, 0.717) is 0 Å². The Hall–Kier alpha value is -3.84. The van der Waals surface area contributed by atoms with Gasteiger partial charge in [-0.15, -0.1) is 0 Å². The third-order valence-electron chi connectivity index (χ3n) is 5.26. The van der Waals surface area contributed by atoms with E-state index in [9.17, 15) is 10.1 Å². The Labute approximate surface area is 169 Å². The zero-order valence-electron chi connectivity index (χ0n) is 16.4. The minimum Gasteiger partial charge on any atom is -0.345 e. The molecule has 142 valence electrons. The first kappa shape index (κ1) is 18.5. The fourth-order valence-corrected chi connectivity index (χ4v) is 3.69. The number of aromatic nitrogens is 1. The highest BCUT2D eigenvalue weighted by Gasteiger charge is 2.14. The highest BCUT2D eigenvalue weighted by molar-refractivity contribution is 6.09. The van der Waals surface area contributed by atoms with Crippen LogP contribution in [0.4, 0.5) is 0 Å². The Morgan fingerprint density at radius 3 is 2.45 bits per heavy atom. The molecule has 0 saturated carbocycles. The van der Waals surface area contributed by atoms with E-state index in [0.717, 1.165) is 32.9 Å². The van der Waals surface area contributed by atoms with Gasteiger partial charge in [-0.25, -0.2) is 0 Å². The lowest BCUT2D eigenvalue weighted by Gasteiger charge is -2.13. The second kappa shape index (κ2) is 7.65. The van der Waals surface area contributed by atoms with Crippen LogP contribution in [0.25, 0.3) is 27.9 Å². The summed E-state index contributed by atoms with van der Waals surface area (Å²) in [5.41, 5.74) is 4.18. The quantitative estimate of drug-likeness (QED) is 0.395. The molecule has 0 spiro atoms. The maximum absolute atomic E-state index is 12.6. The van der Waals surface area contributed by atoms with E-state index < -0.39 is 0 Å². The molecule has 0 aliphatic rings. The predicted molar refractivity (Wildman–Crippen MR) is 117 cm³/mol. The van der Waals surface area contributed by atoms with Gasteiger partial charge in [0, 0.05) is 28.9 Å². The van der Waals surface area contributed by atoms with Crippen molar-refractivity contribution in [1.82, 2.24) is 9.88 Å². The van der Waals surface area contributed by atoms with Gasteiger partial charge >= 0.3 is 0 Å². The molecule has 4 rings (SSSR count). The molecular formula is C25H21N3O. The van der Waals surface area contributed by atoms with E-state index in [1.165, 1.54) is 0 Å². The van der Waals surface area contributed by atoms with E-state index >= 15 is 0 Å². The number of fused-ring (bicyclic) bond motifs is 3. The molecule has 1 atom stereocenters. The van der Waals surface area contributed by atoms with Crippen molar-refractivity contribution in [2.75, 3.05) is 0 Å². The van der Waals surface area contributed by atoms with Crippen LogP contribution >= 0.6 is 0 Å². The van der Waals surface area contributed by atoms with Gasteiger partial charge in [-0.05, 0) is 42.3 Å². The van der Waals surface area contributed by atoms with Crippen LogP contribution < -0.4 is 5.32 Å². The van der Waals surface area contributed by atoms with E-state index in [4.69, 9.17) is 0 Å². The second-order valence-corrected chi connectivity index (χ2v) is 7.13. The first-order valence-electron chi connectivity index (χ1n) is 9.53. The van der Waals surface area contributed by atoms with Gasteiger partial charge in [0.2, 0.25) is 0 Å². The number of nitrogens with one attached hydrogen (secondary N) is 1. The van der Waals surface area contributed by atoms with Crippen LogP contribution in [0.5, 0.6) is 0 Å². The Morgan fingerprint density at radius 1 is 1.00 bits per heavy atom. The van der Waals surface area contributed by atoms with Gasteiger partial charge in [-0.2, -0.15) is 5.26 Å². The van der Waals surface area contributed by atoms with Crippen molar-refractivity contribution < 1.29 is 4.79 Å². The molecule has 1 unspecified atom stereocenters. The molecule has 0 radical (unpaired) electrons. The predicted octanol–water partition coefficient (Wildman–Crippen LogP) is 5.12. The average molecular weight is 379 g/mol. The van der Waals surface area contributed by atoms with Crippen LogP contribution in [0, 0.1) is 11.3 Å². The lowest BCUT2D eigenvalue weighted by Crippen LogP contribution is -2.27. The summed E-state index contributed by atoms with van der Waals surface area (Å²) in [5, 5.41) is 14.7. The van der Waals surface area contributed by atoms with Gasteiger partial charge in [0.15, 0.2) is 0 Å². The number of carbonyl (C=O) groups excluding carboxylic acids is 1. The minimum atomic E-state index is -0.373. The van der Waals surface area contributed by atoms with Crippen LogP contribution in [0.2, 0.25) is 0 Å². The van der Waals surface area contributed by atoms with Crippen molar-refractivity contribution in [1.29, 1.82) is 5.26 Å². The number of nitriles is 1. The summed E-state index contributed by atoms with van der Waals surface area (Å²) in [5.74, 6) is -0.373. The van der Waals surface area contributed by atoms with E-state index in [1.807, 2.05) is 80.7 Å². The van der Waals surface area contributed by atoms with Crippen molar-refractivity contribution in [3.8, 4) is 6.07 Å². The molecule has 3 aromatic carbocycles. The van der Waals surface area contributed by atoms with Crippen molar-refractivity contribution in [3.05, 3.63) is 89.5 Å². The first-order valence-corrected chi connectivity index (χ1v) is 9.53. The van der Waals surface area contributed by atoms with Crippen molar-refractivity contribution in [2.45, 2.75) is 13.0 Å². The lowest BCUT2D eigenvalue weighted by atomic mass is 10.1. The molecule has 4 nitrogen and oxygen atoms in total. The molecule has 0 fully saturated rings. The number of carbonyl (C=O) groups is 1. The number of hydrogen-bond donors (Lipinski definition) is 1. The molecule has 4 heteroatoms. The van der Waals surface area contributed by atoms with E-state index in [2.05, 4.69) is 22.0 Å². The number of para-hydroxylation sites is 1. The van der Waals surface area contributed by atoms with E-state index in [1.54, 1.807) is 6.08 Å². The standard InChI is InChI=1S/C25H21N3O/c1-17(19-8-4-3-5-9-19)27-25(29)20(16-26)14-18-12-13-24-22(15-18)21-10-6-7-11-23(21)28(24)2/h3-15,17H,1-2H3,(H,27,29)/b20-14+. The zero-order chi connectivity index (χ0) is 20.4. The summed E-state index contributed by atoms with van der Waals surface area (Å²) in [6.45, 7) is 1.91. The molecule has 0 saturated heterocycles. The Kier molecular flexibility index (Phi) is 4.88. The average Bonchev–Trinajstić information content (AvgIpc) is 3.04. The van der Waals surface area contributed by atoms with Crippen LogP contribution in [-0.2, 0) is 11.8 Å². The smallest absolute Gasteiger partial charge is 0.262 e. The molecular weight excluding hydrogens is 358 g/mol. The monoisotopic (exact) mass is 379 g/mol. The van der Waals surface area contributed by atoms with Crippen molar-refractivity contribution >= 4 is 33.8 Å². The minimum absolute atomic E-state index is 0.0902. The van der Waals surface area contributed by atoms with Gasteiger partial charge < -0.3 is 9.88 Å². The highest BCUT2D eigenvalue weighted by Crippen LogP contribution is 2.29. The van der Waals surface area contributed by atoms with E-state index in [-0.39, 0.29) is 17.5 Å². The van der Waals surface area contributed by atoms with Crippen LogP contribution in [0.3, 0.4) is 0 Å². The van der Waals surface area contributed by atoms with Gasteiger partial charge in [0.05, 0.1) is 6.04 Å². The van der Waals surface area contributed by atoms with Crippen LogP contribution in [-0.4, -0.2) is 10.5 Å². The number of aryl methyl sites for hydroxylation is 1. The normalized spacial score (nSPS) is 12.7. The fraction of sp³-hybridized carbons (Fsp3) is 0.120. The van der Waals surface area contributed by atoms with Gasteiger partial charge in [0.1, 0.15) is 11.6 Å². The third-order valence-corrected chi connectivity index (χ3v) is 5.26. The summed E-state index contributed by atoms with van der Waals surface area (Å²) >= 11 is 0. The van der Waals surface area contributed by atoms with Gasteiger partial charge in [0.25, 0.3) is 5.91 Å². The number of rotatable bonds is 4. The Balaban J connectivity index is 1.66. The lowest BCUT2D eigenvalue weighted by molar-refractivity contribution is -0.117. The topological polar surface area (TPSA) is 57.8 Å². The Morgan fingerprint density at radius 2 is 1.69 bits per heavy atom. The summed E-state index contributed by atoms with van der Waals surface area (Å²) in [6.07, 6.45) is 1.65. The molecule has 0 aliphatic carbocycles. The number of nitrogens with zero attached hydrogens (tertiary/aromatic N) is 2. The summed E-state index contributed by atoms with van der Waals surface area (Å²) in [6, 6.07) is 25.8. The molecule has 1 amide bonds. The second-order valence-electron chi connectivity index (χ2n) is 7.13. The SMILES string of the molecule is CC(NC(=O)/C(C#N)=C/c1ccc2c(c1)c1ccccc1n2C)c1ccccc1. The van der Waals surface area contributed by atoms with Crippen molar-refractivity contribution in [2.24, 2.45) is 7.05 Å². The number of amides is 1. The molecule has 1 N–H and O–H groups in total. The van der Waals surface area contributed by atoms with Gasteiger partial charge in [-0.3, -0.25) is 4.79 Å². The number of hydrogen-bond acceptors (Lipinski definition) is 2. The highest BCUT2D eigenvalue weighted by atomic mass is 16.1. The largest absolute Gasteiger partial charge is 0.345 e. The Bertz CT molecular complexity index is 1280. The molecule has 0 bridgehead atoms. The fourth-order valence-electron chi connectivity index (χ4n) is 3.69. The molecule has 4 aromatic rings. The first-order chi connectivity index (χ1) is 14.1. The number of benzene rings is 3. The van der Waals surface area contributed by atoms with Crippen molar-refractivity contribution in [3.63, 3.8) is 0 Å². The van der Waals surface area contributed by atoms with Crippen LogP contribution in [0.1, 0.15) is 24.1 Å². The molecule has 29 heavy (non-hydrogen) atoms. The maximum Gasteiger partial charge on any atom is 0.262 e. The third kappa shape index (κ3) is 3.51. The molecule has 1 aromatic heterocycles. The van der Waals surface area contributed by atoms with Crippen LogP contribution in [0.15, 0.2) is 78.4 Å². The summed E-state index contributed by atoms with van der Waals surface area (Å²) in [7, 11) is 2.04. The summed E-state index contributed by atoms with van der Waals surface area (Å²) < 4.78 is 2.15. The zero-order valence-corrected chi connectivity index (χ0v) is 16.4. The maximum atomic E-state index is 12.6. The molecule has 0 aliphatic heterocycles.